The van der Waals surface area contributed by atoms with E-state index in [0.29, 0.717) is 40.8 Å². The number of carbonyl (C=O) groups excluding carboxylic acids is 1. The fourth-order valence-electron chi connectivity index (χ4n) is 4.37. The standard InChI is InChI=1S/C20H21Cl2N3O4/c1-9-18(10(2)25(24-9)8-11-3-4-12(21)7-13(11)22)23-19(26)16-14-5-6-15(29-14)17(16)20(27)28/h3-4,7,14-17H,5-6,8H2,1-2H3,(H,23,26)(H,27,28)/t14-,15-,16+,17-/m1/s1. The second kappa shape index (κ2) is 7.63. The van der Waals surface area contributed by atoms with Crippen LogP contribution in [-0.4, -0.2) is 39.0 Å². The zero-order chi connectivity index (χ0) is 20.9. The van der Waals surface area contributed by atoms with Gasteiger partial charge in [0.25, 0.3) is 0 Å². The number of carbonyl (C=O) groups is 2. The van der Waals surface area contributed by atoms with E-state index in [4.69, 9.17) is 27.9 Å². The highest BCUT2D eigenvalue weighted by molar-refractivity contribution is 6.35. The van der Waals surface area contributed by atoms with Gasteiger partial charge in [-0.05, 0) is 44.4 Å². The molecule has 7 nitrogen and oxygen atoms in total. The third-order valence-electron chi connectivity index (χ3n) is 5.83. The number of carboxylic acids is 1. The van der Waals surface area contributed by atoms with Crippen molar-refractivity contribution in [2.75, 3.05) is 5.32 Å². The van der Waals surface area contributed by atoms with Crippen LogP contribution >= 0.6 is 23.2 Å². The van der Waals surface area contributed by atoms with Gasteiger partial charge >= 0.3 is 5.97 Å². The number of halogens is 2. The molecule has 2 aromatic rings. The lowest BCUT2D eigenvalue weighted by Gasteiger charge is -2.23. The van der Waals surface area contributed by atoms with Crippen molar-refractivity contribution in [3.63, 3.8) is 0 Å². The summed E-state index contributed by atoms with van der Waals surface area (Å²) < 4.78 is 7.45. The van der Waals surface area contributed by atoms with Gasteiger partial charge in [-0.25, -0.2) is 0 Å². The summed E-state index contributed by atoms with van der Waals surface area (Å²) in [7, 11) is 0. The number of fused-ring (bicyclic) bond motifs is 2. The molecule has 2 fully saturated rings. The predicted octanol–water partition coefficient (Wildman–Crippen LogP) is 3.67. The Labute approximate surface area is 177 Å². The maximum absolute atomic E-state index is 13.0. The first kappa shape index (κ1) is 20.2. The molecule has 0 unspecified atom stereocenters. The quantitative estimate of drug-likeness (QED) is 0.743. The van der Waals surface area contributed by atoms with E-state index >= 15 is 0 Å². The Hall–Kier alpha value is -2.09. The van der Waals surface area contributed by atoms with Gasteiger partial charge in [0.05, 0.1) is 47.7 Å². The van der Waals surface area contributed by atoms with Crippen molar-refractivity contribution in [3.05, 3.63) is 45.2 Å². The molecule has 0 radical (unpaired) electrons. The molecule has 3 heterocycles. The average molecular weight is 438 g/mol. The highest BCUT2D eigenvalue weighted by atomic mass is 35.5. The summed E-state index contributed by atoms with van der Waals surface area (Å²) in [5.41, 5.74) is 2.86. The van der Waals surface area contributed by atoms with Crippen molar-refractivity contribution in [2.24, 2.45) is 11.8 Å². The van der Waals surface area contributed by atoms with Crippen molar-refractivity contribution in [1.82, 2.24) is 9.78 Å². The molecule has 2 aliphatic rings. The zero-order valence-corrected chi connectivity index (χ0v) is 17.5. The molecule has 9 heteroatoms. The second-order valence-electron chi connectivity index (χ2n) is 7.61. The number of aromatic nitrogens is 2. The molecule has 1 aromatic heterocycles. The Morgan fingerprint density at radius 2 is 1.93 bits per heavy atom. The van der Waals surface area contributed by atoms with E-state index < -0.39 is 17.8 Å². The van der Waals surface area contributed by atoms with E-state index in [1.54, 1.807) is 23.7 Å². The van der Waals surface area contributed by atoms with Crippen LogP contribution in [0.25, 0.3) is 0 Å². The van der Waals surface area contributed by atoms with Crippen LogP contribution in [0.3, 0.4) is 0 Å². The SMILES string of the molecule is Cc1nn(Cc2ccc(Cl)cc2Cl)c(C)c1NC(=O)[C@@H]1[C@H](C(=O)O)[C@H]2CC[C@H]1O2. The second-order valence-corrected chi connectivity index (χ2v) is 8.45. The molecule has 0 saturated carbocycles. The number of hydrogen-bond donors (Lipinski definition) is 2. The van der Waals surface area contributed by atoms with Crippen LogP contribution in [-0.2, 0) is 20.9 Å². The topological polar surface area (TPSA) is 93.5 Å². The van der Waals surface area contributed by atoms with Crippen LogP contribution in [0.2, 0.25) is 10.0 Å². The highest BCUT2D eigenvalue weighted by Gasteiger charge is 2.55. The first-order valence-electron chi connectivity index (χ1n) is 9.43. The lowest BCUT2D eigenvalue weighted by atomic mass is 9.78. The molecular weight excluding hydrogens is 417 g/mol. The molecule has 2 bridgehead atoms. The third kappa shape index (κ3) is 3.63. The Kier molecular flexibility index (Phi) is 5.31. The number of anilines is 1. The van der Waals surface area contributed by atoms with Gasteiger partial charge in [-0.1, -0.05) is 29.3 Å². The average Bonchev–Trinajstić information content (AvgIpc) is 3.34. The van der Waals surface area contributed by atoms with Crippen LogP contribution in [0.15, 0.2) is 18.2 Å². The molecule has 2 N–H and O–H groups in total. The minimum absolute atomic E-state index is 0.333. The van der Waals surface area contributed by atoms with Gasteiger partial charge in [-0.3, -0.25) is 14.3 Å². The van der Waals surface area contributed by atoms with Crippen molar-refractivity contribution in [1.29, 1.82) is 0 Å². The first-order valence-corrected chi connectivity index (χ1v) is 10.2. The number of rotatable bonds is 5. The number of nitrogens with one attached hydrogen (secondary N) is 1. The number of hydrogen-bond acceptors (Lipinski definition) is 4. The number of aryl methyl sites for hydroxylation is 1. The molecule has 4 rings (SSSR count). The van der Waals surface area contributed by atoms with Gasteiger partial charge in [0.1, 0.15) is 0 Å². The van der Waals surface area contributed by atoms with Crippen molar-refractivity contribution in [2.45, 2.75) is 45.4 Å². The summed E-state index contributed by atoms with van der Waals surface area (Å²) in [5, 5.41) is 18.1. The van der Waals surface area contributed by atoms with Gasteiger partial charge in [0.2, 0.25) is 5.91 Å². The molecule has 2 aliphatic heterocycles. The predicted molar refractivity (Wildman–Crippen MR) is 108 cm³/mol. The molecule has 0 aliphatic carbocycles. The maximum Gasteiger partial charge on any atom is 0.310 e. The van der Waals surface area contributed by atoms with Crippen LogP contribution in [0.1, 0.15) is 29.8 Å². The summed E-state index contributed by atoms with van der Waals surface area (Å²) in [4.78, 5) is 24.6. The number of amides is 1. The van der Waals surface area contributed by atoms with Crippen LogP contribution < -0.4 is 5.32 Å². The van der Waals surface area contributed by atoms with E-state index in [2.05, 4.69) is 10.4 Å². The van der Waals surface area contributed by atoms with Crippen LogP contribution in [0.4, 0.5) is 5.69 Å². The van der Waals surface area contributed by atoms with E-state index in [1.165, 1.54) is 0 Å². The fourth-order valence-corrected chi connectivity index (χ4v) is 4.84. The van der Waals surface area contributed by atoms with E-state index in [1.807, 2.05) is 13.0 Å². The van der Waals surface area contributed by atoms with Crippen molar-refractivity contribution in [3.8, 4) is 0 Å². The third-order valence-corrected chi connectivity index (χ3v) is 6.41. The van der Waals surface area contributed by atoms with Gasteiger partial charge in [-0.2, -0.15) is 5.10 Å². The smallest absolute Gasteiger partial charge is 0.310 e. The van der Waals surface area contributed by atoms with Gasteiger partial charge < -0.3 is 15.2 Å². The molecule has 2 saturated heterocycles. The molecular formula is C20H21Cl2N3O4. The number of benzene rings is 1. The summed E-state index contributed by atoms with van der Waals surface area (Å²) >= 11 is 12.2. The summed E-state index contributed by atoms with van der Waals surface area (Å²) in [6.45, 7) is 4.08. The van der Waals surface area contributed by atoms with Crippen LogP contribution in [0, 0.1) is 25.7 Å². The van der Waals surface area contributed by atoms with E-state index in [0.717, 1.165) is 11.3 Å². The van der Waals surface area contributed by atoms with Gasteiger partial charge in [-0.15, -0.1) is 0 Å². The molecule has 1 aromatic carbocycles. The number of carboxylic acid groups (broad SMARTS) is 1. The normalized spacial score (nSPS) is 25.4. The van der Waals surface area contributed by atoms with Gasteiger partial charge in [0.15, 0.2) is 0 Å². The summed E-state index contributed by atoms with van der Waals surface area (Å²) in [6, 6.07) is 5.27. The Balaban J connectivity index is 1.55. The lowest BCUT2D eigenvalue weighted by Crippen LogP contribution is -2.41. The molecule has 154 valence electrons. The minimum atomic E-state index is -0.987. The van der Waals surface area contributed by atoms with Gasteiger partial charge in [0, 0.05) is 10.0 Å². The number of ether oxygens (including phenoxy) is 1. The van der Waals surface area contributed by atoms with E-state index in [9.17, 15) is 14.7 Å². The number of nitrogens with zero attached hydrogens (tertiary/aromatic N) is 2. The van der Waals surface area contributed by atoms with Crippen molar-refractivity contribution < 1.29 is 19.4 Å². The zero-order valence-electron chi connectivity index (χ0n) is 16.0. The lowest BCUT2D eigenvalue weighted by molar-refractivity contribution is -0.147. The molecule has 29 heavy (non-hydrogen) atoms. The molecule has 4 atom stereocenters. The first-order chi connectivity index (χ1) is 13.8. The fraction of sp³-hybridized carbons (Fsp3) is 0.450. The molecule has 0 spiro atoms. The maximum atomic E-state index is 13.0. The van der Waals surface area contributed by atoms with E-state index in [-0.39, 0.29) is 18.1 Å². The monoisotopic (exact) mass is 437 g/mol. The Bertz CT molecular complexity index is 990. The van der Waals surface area contributed by atoms with Crippen LogP contribution in [0.5, 0.6) is 0 Å². The largest absolute Gasteiger partial charge is 0.481 e. The number of aliphatic carboxylic acids is 1. The molecule has 1 amide bonds. The summed E-state index contributed by atoms with van der Waals surface area (Å²) in [6.07, 6.45) is 0.664. The summed E-state index contributed by atoms with van der Waals surface area (Å²) in [5.74, 6) is -2.82. The van der Waals surface area contributed by atoms with Crippen molar-refractivity contribution >= 4 is 40.8 Å². The Morgan fingerprint density at radius 1 is 1.24 bits per heavy atom. The Morgan fingerprint density at radius 3 is 2.59 bits per heavy atom. The highest BCUT2D eigenvalue weighted by Crippen LogP contribution is 2.44. The minimum Gasteiger partial charge on any atom is -0.481 e.